The maximum Gasteiger partial charge on any atom is 0.337 e. The van der Waals surface area contributed by atoms with Gasteiger partial charge < -0.3 is 9.67 Å². The highest BCUT2D eigenvalue weighted by molar-refractivity contribution is 5.90. The van der Waals surface area contributed by atoms with E-state index in [1.54, 1.807) is 32.0 Å². The van der Waals surface area contributed by atoms with Gasteiger partial charge in [-0.3, -0.25) is 4.79 Å². The second-order valence-corrected chi connectivity index (χ2v) is 4.92. The highest BCUT2D eigenvalue weighted by Gasteiger charge is 2.15. The van der Waals surface area contributed by atoms with Crippen molar-refractivity contribution in [3.8, 4) is 0 Å². The predicted molar refractivity (Wildman–Crippen MR) is 77.2 cm³/mol. The second-order valence-electron chi connectivity index (χ2n) is 4.92. The summed E-state index contributed by atoms with van der Waals surface area (Å²) in [5, 5.41) is 9.22. The van der Waals surface area contributed by atoms with E-state index in [1.165, 1.54) is 16.7 Å². The number of carboxylic acid groups (broad SMARTS) is 1. The molecule has 0 saturated heterocycles. The topological polar surface area (TPSA) is 59.3 Å². The molecule has 4 nitrogen and oxygen atoms in total. The van der Waals surface area contributed by atoms with Gasteiger partial charge in [0.25, 0.3) is 5.56 Å². The number of carbonyl (C=O) groups is 1. The number of halogens is 1. The zero-order valence-electron chi connectivity index (χ0n) is 11.9. The minimum absolute atomic E-state index is 0.128. The third kappa shape index (κ3) is 3.02. The van der Waals surface area contributed by atoms with E-state index in [1.807, 2.05) is 0 Å². The molecule has 1 aromatic carbocycles. The van der Waals surface area contributed by atoms with E-state index in [-0.39, 0.29) is 23.5 Å². The van der Waals surface area contributed by atoms with Crippen molar-refractivity contribution in [1.82, 2.24) is 4.57 Å². The van der Waals surface area contributed by atoms with Crippen LogP contribution in [0.1, 0.15) is 27.2 Å². The number of nitrogens with zero attached hydrogens (tertiary/aromatic N) is 1. The summed E-state index contributed by atoms with van der Waals surface area (Å²) in [5.74, 6) is -1.39. The van der Waals surface area contributed by atoms with Gasteiger partial charge in [-0.05, 0) is 37.5 Å². The normalized spacial score (nSPS) is 10.6. The lowest BCUT2D eigenvalue weighted by Crippen LogP contribution is -2.26. The number of aryl methyl sites for hydroxylation is 2. The quantitative estimate of drug-likeness (QED) is 0.941. The summed E-state index contributed by atoms with van der Waals surface area (Å²) in [7, 11) is 0. The number of pyridine rings is 1. The Kier molecular flexibility index (Phi) is 4.21. The Labute approximate surface area is 121 Å². The molecule has 2 rings (SSSR count). The van der Waals surface area contributed by atoms with Crippen LogP contribution in [0.25, 0.3) is 0 Å². The first kappa shape index (κ1) is 15.0. The van der Waals surface area contributed by atoms with E-state index in [9.17, 15) is 19.1 Å². The molecule has 0 bridgehead atoms. The summed E-state index contributed by atoms with van der Waals surface area (Å²) in [5.41, 5.74) is 1.19. The Hall–Kier alpha value is -2.43. The Balaban J connectivity index is 2.37. The van der Waals surface area contributed by atoms with Crippen LogP contribution in [0.4, 0.5) is 4.39 Å². The molecule has 0 amide bonds. The highest BCUT2D eigenvalue weighted by Crippen LogP contribution is 2.13. The van der Waals surface area contributed by atoms with Crippen molar-refractivity contribution in [2.24, 2.45) is 0 Å². The predicted octanol–water partition coefficient (Wildman–Crippen LogP) is 2.55. The van der Waals surface area contributed by atoms with Gasteiger partial charge in [-0.25, -0.2) is 9.18 Å². The third-order valence-corrected chi connectivity index (χ3v) is 3.54. The number of hydrogen-bond donors (Lipinski definition) is 1. The lowest BCUT2D eigenvalue weighted by molar-refractivity contribution is 0.0694. The minimum atomic E-state index is -1.07. The standard InChI is InChI=1S/C16H16FNO3/c1-10-9-14(19)18(11(2)15(10)16(20)21)8-7-12-5-3-4-6-13(12)17/h3-6,9H,7-8H2,1-2H3,(H,20,21). The maximum atomic E-state index is 13.6. The Morgan fingerprint density at radius 2 is 1.95 bits per heavy atom. The first-order chi connectivity index (χ1) is 9.91. The van der Waals surface area contributed by atoms with Crippen LogP contribution in [-0.4, -0.2) is 15.6 Å². The van der Waals surface area contributed by atoms with E-state index in [0.29, 0.717) is 23.2 Å². The van der Waals surface area contributed by atoms with Crippen LogP contribution < -0.4 is 5.56 Å². The van der Waals surface area contributed by atoms with Gasteiger partial charge in [0, 0.05) is 18.3 Å². The van der Waals surface area contributed by atoms with Gasteiger partial charge in [-0.15, -0.1) is 0 Å². The molecule has 5 heteroatoms. The first-order valence-corrected chi connectivity index (χ1v) is 6.59. The minimum Gasteiger partial charge on any atom is -0.478 e. The molecule has 0 aliphatic rings. The van der Waals surface area contributed by atoms with E-state index < -0.39 is 5.97 Å². The van der Waals surface area contributed by atoms with Crippen LogP contribution in [0.5, 0.6) is 0 Å². The molecule has 0 spiro atoms. The number of hydrogen-bond acceptors (Lipinski definition) is 2. The van der Waals surface area contributed by atoms with Gasteiger partial charge >= 0.3 is 5.97 Å². The molecule has 21 heavy (non-hydrogen) atoms. The van der Waals surface area contributed by atoms with Crippen molar-refractivity contribution in [2.75, 3.05) is 0 Å². The summed E-state index contributed by atoms with van der Waals surface area (Å²) in [4.78, 5) is 23.3. The van der Waals surface area contributed by atoms with Crippen molar-refractivity contribution in [2.45, 2.75) is 26.8 Å². The van der Waals surface area contributed by atoms with Crippen molar-refractivity contribution >= 4 is 5.97 Å². The Morgan fingerprint density at radius 1 is 1.29 bits per heavy atom. The van der Waals surface area contributed by atoms with Gasteiger partial charge in [-0.2, -0.15) is 0 Å². The number of aromatic nitrogens is 1. The highest BCUT2D eigenvalue weighted by atomic mass is 19.1. The average molecular weight is 289 g/mol. The largest absolute Gasteiger partial charge is 0.478 e. The Bertz CT molecular complexity index is 750. The van der Waals surface area contributed by atoms with Crippen LogP contribution in [0, 0.1) is 19.7 Å². The summed E-state index contributed by atoms with van der Waals surface area (Å²) >= 11 is 0. The van der Waals surface area contributed by atoms with Crippen LogP contribution in [-0.2, 0) is 13.0 Å². The molecule has 0 radical (unpaired) electrons. The third-order valence-electron chi connectivity index (χ3n) is 3.54. The fourth-order valence-electron chi connectivity index (χ4n) is 2.46. The molecule has 0 aliphatic carbocycles. The summed E-state index contributed by atoms with van der Waals surface area (Å²) in [6, 6.07) is 7.65. The smallest absolute Gasteiger partial charge is 0.337 e. The van der Waals surface area contributed by atoms with E-state index in [4.69, 9.17) is 0 Å². The molecule has 1 aromatic heterocycles. The fraction of sp³-hybridized carbons (Fsp3) is 0.250. The maximum absolute atomic E-state index is 13.6. The fourth-order valence-corrected chi connectivity index (χ4v) is 2.46. The lowest BCUT2D eigenvalue weighted by atomic mass is 10.1. The van der Waals surface area contributed by atoms with Crippen molar-refractivity contribution < 1.29 is 14.3 Å². The zero-order valence-corrected chi connectivity index (χ0v) is 11.9. The molecule has 2 aromatic rings. The zero-order chi connectivity index (χ0) is 15.6. The van der Waals surface area contributed by atoms with Crippen molar-refractivity contribution in [3.05, 3.63) is 68.9 Å². The molecule has 0 unspecified atom stereocenters. The molecular weight excluding hydrogens is 273 g/mol. The van der Waals surface area contributed by atoms with Gasteiger partial charge in [-0.1, -0.05) is 18.2 Å². The van der Waals surface area contributed by atoms with E-state index in [0.717, 1.165) is 0 Å². The Morgan fingerprint density at radius 3 is 2.57 bits per heavy atom. The number of benzene rings is 1. The molecule has 1 heterocycles. The summed E-state index contributed by atoms with van der Waals surface area (Å²) < 4.78 is 15.0. The summed E-state index contributed by atoms with van der Waals surface area (Å²) in [6.45, 7) is 3.43. The average Bonchev–Trinajstić information content (AvgIpc) is 2.39. The molecule has 0 fully saturated rings. The molecule has 0 saturated carbocycles. The van der Waals surface area contributed by atoms with Gasteiger partial charge in [0.15, 0.2) is 0 Å². The van der Waals surface area contributed by atoms with Crippen LogP contribution in [0.2, 0.25) is 0 Å². The number of rotatable bonds is 4. The van der Waals surface area contributed by atoms with Gasteiger partial charge in [0.1, 0.15) is 5.82 Å². The van der Waals surface area contributed by atoms with Crippen molar-refractivity contribution in [3.63, 3.8) is 0 Å². The lowest BCUT2D eigenvalue weighted by Gasteiger charge is -2.14. The van der Waals surface area contributed by atoms with Crippen LogP contribution in [0.15, 0.2) is 35.1 Å². The van der Waals surface area contributed by atoms with Crippen molar-refractivity contribution in [1.29, 1.82) is 0 Å². The van der Waals surface area contributed by atoms with E-state index >= 15 is 0 Å². The SMILES string of the molecule is Cc1cc(=O)n(CCc2ccccc2F)c(C)c1C(=O)O. The molecule has 0 atom stereocenters. The molecule has 1 N–H and O–H groups in total. The van der Waals surface area contributed by atoms with Crippen LogP contribution in [0.3, 0.4) is 0 Å². The number of carboxylic acids is 1. The van der Waals surface area contributed by atoms with Gasteiger partial charge in [0.05, 0.1) is 5.56 Å². The first-order valence-electron chi connectivity index (χ1n) is 6.59. The molecule has 110 valence electrons. The monoisotopic (exact) mass is 289 g/mol. The summed E-state index contributed by atoms with van der Waals surface area (Å²) in [6.07, 6.45) is 0.329. The molecule has 0 aliphatic heterocycles. The van der Waals surface area contributed by atoms with Crippen LogP contribution >= 0.6 is 0 Å². The second kappa shape index (κ2) is 5.91. The van der Waals surface area contributed by atoms with Gasteiger partial charge in [0.2, 0.25) is 0 Å². The molecular formula is C16H16FNO3. The van der Waals surface area contributed by atoms with E-state index in [2.05, 4.69) is 0 Å². The number of aromatic carboxylic acids is 1.